The summed E-state index contributed by atoms with van der Waals surface area (Å²) in [4.78, 5) is 23.2. The van der Waals surface area contributed by atoms with Crippen molar-refractivity contribution in [2.24, 2.45) is 0 Å². The Morgan fingerprint density at radius 3 is 2.72 bits per heavy atom. The zero-order chi connectivity index (χ0) is 12.4. The third kappa shape index (κ3) is 2.48. The van der Waals surface area contributed by atoms with E-state index in [4.69, 9.17) is 9.15 Å². The van der Waals surface area contributed by atoms with Gasteiger partial charge in [-0.3, -0.25) is 4.79 Å². The molecule has 0 unspecified atom stereocenters. The first kappa shape index (κ1) is 14.5. The van der Waals surface area contributed by atoms with E-state index in [1.165, 1.54) is 18.2 Å². The fourth-order valence-corrected chi connectivity index (χ4v) is 1.54. The van der Waals surface area contributed by atoms with Crippen molar-refractivity contribution in [2.45, 2.75) is 6.92 Å². The second-order valence-electron chi connectivity index (χ2n) is 3.33. The fourth-order valence-electron chi connectivity index (χ4n) is 1.54. The molecule has 0 atom stereocenters. The smallest absolute Gasteiger partial charge is 0.346 e. The maximum Gasteiger partial charge on any atom is 0.346 e. The Bertz CT molecular complexity index is 632. The first-order valence-electron chi connectivity index (χ1n) is 5.07. The minimum atomic E-state index is -0.714. The Hall–Kier alpha value is -1.56. The summed E-state index contributed by atoms with van der Waals surface area (Å²) in [5, 5.41) is 9.78. The number of hydrogen-bond acceptors (Lipinski definition) is 5. The van der Waals surface area contributed by atoms with E-state index in [-0.39, 0.29) is 45.5 Å². The predicted molar refractivity (Wildman–Crippen MR) is 60.1 cm³/mol. The van der Waals surface area contributed by atoms with Crippen LogP contribution in [0.2, 0.25) is 0 Å². The number of aromatic hydroxyl groups is 1. The van der Waals surface area contributed by atoms with Crippen LogP contribution >= 0.6 is 0 Å². The molecule has 1 N–H and O–H groups in total. The van der Waals surface area contributed by atoms with Gasteiger partial charge in [-0.05, 0) is 19.1 Å². The molecule has 0 amide bonds. The van der Waals surface area contributed by atoms with Gasteiger partial charge in [-0.25, -0.2) is 4.79 Å². The van der Waals surface area contributed by atoms with Crippen molar-refractivity contribution in [2.75, 3.05) is 6.61 Å². The van der Waals surface area contributed by atoms with E-state index in [0.717, 1.165) is 0 Å². The summed E-state index contributed by atoms with van der Waals surface area (Å²) in [5.41, 5.74) is -0.582. The van der Waals surface area contributed by atoms with Gasteiger partial charge in [0, 0.05) is 27.8 Å². The molecule has 0 spiro atoms. The molecule has 0 bridgehead atoms. The molecule has 2 aromatic rings. The Morgan fingerprint density at radius 1 is 1.39 bits per heavy atom. The number of carbonyl (C=O) groups is 1. The third-order valence-electron chi connectivity index (χ3n) is 2.25. The molecule has 0 saturated heterocycles. The molecule has 2 rings (SSSR count). The Kier molecular flexibility index (Phi) is 4.72. The van der Waals surface area contributed by atoms with Crippen LogP contribution in [-0.4, -0.2) is 17.7 Å². The van der Waals surface area contributed by atoms with Gasteiger partial charge in [0.2, 0.25) is 5.43 Å². The zero-order valence-corrected chi connectivity index (χ0v) is 10.9. The minimum absolute atomic E-state index is 0. The molecule has 0 aliphatic rings. The number of esters is 1. The van der Waals surface area contributed by atoms with Gasteiger partial charge in [0.25, 0.3) is 5.95 Å². The van der Waals surface area contributed by atoms with Gasteiger partial charge >= 0.3 is 5.97 Å². The standard InChI is InChI=1S/C12H10O5.Ag/c1-2-16-11(14)9-7-5-3-4-6-8(13)10(7)17-12(9)15;/h3-6,15H,2H2,1H3;. The van der Waals surface area contributed by atoms with Crippen molar-refractivity contribution >= 4 is 16.9 Å². The van der Waals surface area contributed by atoms with Gasteiger partial charge in [-0.2, -0.15) is 0 Å². The average molecular weight is 342 g/mol. The fraction of sp³-hybridized carbons (Fsp3) is 0.167. The number of fused-ring (bicyclic) bond motifs is 1. The normalized spacial score (nSPS) is 9.83. The Labute approximate surface area is 118 Å². The number of ether oxygens (including phenoxy) is 1. The van der Waals surface area contributed by atoms with Crippen LogP contribution < -0.4 is 5.43 Å². The quantitative estimate of drug-likeness (QED) is 0.664. The molecule has 5 nitrogen and oxygen atoms in total. The molecule has 1 heterocycles. The summed E-state index contributed by atoms with van der Waals surface area (Å²) in [6.45, 7) is 1.82. The van der Waals surface area contributed by atoms with Crippen LogP contribution in [-0.2, 0) is 27.1 Å². The first-order valence-corrected chi connectivity index (χ1v) is 5.07. The molecule has 1 radical (unpaired) electrons. The van der Waals surface area contributed by atoms with Crippen LogP contribution in [0.1, 0.15) is 17.3 Å². The van der Waals surface area contributed by atoms with Crippen LogP contribution in [0.25, 0.3) is 11.0 Å². The largest absolute Gasteiger partial charge is 0.480 e. The van der Waals surface area contributed by atoms with Crippen LogP contribution in [0, 0.1) is 0 Å². The van der Waals surface area contributed by atoms with E-state index >= 15 is 0 Å². The molecule has 0 fully saturated rings. The van der Waals surface area contributed by atoms with Crippen molar-refractivity contribution < 1.29 is 41.4 Å². The maximum absolute atomic E-state index is 11.6. The first-order chi connectivity index (χ1) is 8.15. The Balaban J connectivity index is 0.00000162. The molecule has 1 aromatic carbocycles. The molecule has 0 aliphatic heterocycles. The topological polar surface area (TPSA) is 76.7 Å². The summed E-state index contributed by atoms with van der Waals surface area (Å²) >= 11 is 0. The molecule has 6 heteroatoms. The van der Waals surface area contributed by atoms with Gasteiger partial charge in [-0.15, -0.1) is 0 Å². The van der Waals surface area contributed by atoms with Crippen LogP contribution in [0.15, 0.2) is 33.5 Å². The summed E-state index contributed by atoms with van der Waals surface area (Å²) < 4.78 is 9.68. The third-order valence-corrected chi connectivity index (χ3v) is 2.25. The molecular weight excluding hydrogens is 332 g/mol. The van der Waals surface area contributed by atoms with E-state index < -0.39 is 17.3 Å². The van der Waals surface area contributed by atoms with Crippen molar-refractivity contribution in [1.29, 1.82) is 0 Å². The number of carbonyl (C=O) groups excluding carboxylic acids is 1. The summed E-state index contributed by atoms with van der Waals surface area (Å²) in [7, 11) is 0. The van der Waals surface area contributed by atoms with Gasteiger partial charge in [-0.1, -0.05) is 12.1 Å². The second kappa shape index (κ2) is 5.86. The summed E-state index contributed by atoms with van der Waals surface area (Å²) in [6, 6.07) is 5.93. The zero-order valence-electron chi connectivity index (χ0n) is 9.40. The molecule has 1 aromatic heterocycles. The van der Waals surface area contributed by atoms with Gasteiger partial charge in [0.05, 0.1) is 6.61 Å². The SMILES string of the molecule is CCOC(=O)c1c(O)oc2c(=O)ccccc12.[Ag]. The predicted octanol–water partition coefficient (Wildman–Crippen LogP) is 1.67. The van der Waals surface area contributed by atoms with Crippen molar-refractivity contribution in [3.05, 3.63) is 40.1 Å². The van der Waals surface area contributed by atoms with E-state index in [1.54, 1.807) is 13.0 Å². The van der Waals surface area contributed by atoms with Crippen LogP contribution in [0.5, 0.6) is 5.95 Å². The number of rotatable bonds is 2. The van der Waals surface area contributed by atoms with Gasteiger partial charge in [0.1, 0.15) is 0 Å². The molecule has 99 valence electrons. The van der Waals surface area contributed by atoms with E-state index in [0.29, 0.717) is 0 Å². The average Bonchev–Trinajstić information content (AvgIpc) is 2.52. The maximum atomic E-state index is 11.6. The molecule has 0 aliphatic carbocycles. The molecule has 18 heavy (non-hydrogen) atoms. The van der Waals surface area contributed by atoms with E-state index in [1.807, 2.05) is 0 Å². The van der Waals surface area contributed by atoms with Crippen molar-refractivity contribution in [3.63, 3.8) is 0 Å². The second-order valence-corrected chi connectivity index (χ2v) is 3.33. The van der Waals surface area contributed by atoms with Crippen molar-refractivity contribution in [1.82, 2.24) is 0 Å². The molecular formula is C12H10AgO5. The van der Waals surface area contributed by atoms with Gasteiger partial charge in [0.15, 0.2) is 11.1 Å². The summed E-state index contributed by atoms with van der Waals surface area (Å²) in [6.07, 6.45) is 0. The monoisotopic (exact) mass is 341 g/mol. The number of furan rings is 1. The van der Waals surface area contributed by atoms with Crippen molar-refractivity contribution in [3.8, 4) is 5.95 Å². The van der Waals surface area contributed by atoms with Crippen LogP contribution in [0.3, 0.4) is 0 Å². The van der Waals surface area contributed by atoms with Crippen LogP contribution in [0.4, 0.5) is 0 Å². The summed E-state index contributed by atoms with van der Waals surface area (Å²) in [5.74, 6) is -1.31. The van der Waals surface area contributed by atoms with E-state index in [9.17, 15) is 14.7 Å². The van der Waals surface area contributed by atoms with Gasteiger partial charge < -0.3 is 14.3 Å². The molecule has 0 saturated carbocycles. The number of hydrogen-bond donors (Lipinski definition) is 1. The minimum Gasteiger partial charge on any atom is -0.480 e. The Morgan fingerprint density at radius 2 is 2.06 bits per heavy atom. The van der Waals surface area contributed by atoms with E-state index in [2.05, 4.69) is 0 Å².